The molecule has 0 saturated carbocycles. The van der Waals surface area contributed by atoms with E-state index in [-0.39, 0.29) is 17.5 Å². The van der Waals surface area contributed by atoms with E-state index in [2.05, 4.69) is 23.5 Å². The van der Waals surface area contributed by atoms with Gasteiger partial charge in [-0.1, -0.05) is 42.5 Å². The molecule has 0 fully saturated rings. The third-order valence-corrected chi connectivity index (χ3v) is 5.19. The van der Waals surface area contributed by atoms with Gasteiger partial charge >= 0.3 is 5.97 Å². The molecule has 1 aromatic heterocycles. The van der Waals surface area contributed by atoms with E-state index in [1.807, 2.05) is 42.8 Å². The molecule has 28 heavy (non-hydrogen) atoms. The van der Waals surface area contributed by atoms with Crippen molar-refractivity contribution in [1.82, 2.24) is 9.88 Å². The Morgan fingerprint density at radius 2 is 1.68 bits per heavy atom. The van der Waals surface area contributed by atoms with Gasteiger partial charge in [0.2, 0.25) is 0 Å². The number of nitrogens with one attached hydrogen (secondary N) is 1. The molecule has 1 atom stereocenters. The summed E-state index contributed by atoms with van der Waals surface area (Å²) < 4.78 is 1.90. The van der Waals surface area contributed by atoms with Crippen molar-refractivity contribution in [2.45, 2.75) is 13.0 Å². The van der Waals surface area contributed by atoms with Gasteiger partial charge in [-0.2, -0.15) is 0 Å². The molecule has 1 heterocycles. The van der Waals surface area contributed by atoms with E-state index in [1.165, 1.54) is 0 Å². The van der Waals surface area contributed by atoms with Gasteiger partial charge in [0, 0.05) is 18.0 Å². The van der Waals surface area contributed by atoms with Crippen molar-refractivity contribution < 1.29 is 14.7 Å². The topological polar surface area (TPSA) is 71.3 Å². The summed E-state index contributed by atoms with van der Waals surface area (Å²) in [6.45, 7) is 1.88. The number of carboxylic acid groups (broad SMARTS) is 1. The highest BCUT2D eigenvalue weighted by Crippen LogP contribution is 2.28. The second-order valence-electron chi connectivity index (χ2n) is 6.93. The van der Waals surface area contributed by atoms with E-state index in [9.17, 15) is 9.59 Å². The Bertz CT molecular complexity index is 1210. The van der Waals surface area contributed by atoms with Crippen LogP contribution in [0.25, 0.3) is 21.7 Å². The first-order chi connectivity index (χ1) is 13.5. The third kappa shape index (κ3) is 3.01. The molecule has 0 aliphatic carbocycles. The number of carbonyl (C=O) groups excluding carboxylic acids is 1. The van der Waals surface area contributed by atoms with E-state index in [4.69, 9.17) is 5.11 Å². The molecular formula is C23H20N2O3. The summed E-state index contributed by atoms with van der Waals surface area (Å²) in [5, 5.41) is 15.3. The molecular weight excluding hydrogens is 352 g/mol. The first kappa shape index (κ1) is 17.8. The molecule has 0 spiro atoms. The molecule has 0 saturated heterocycles. The number of hydrogen-bond donors (Lipinski definition) is 2. The lowest BCUT2D eigenvalue weighted by Crippen LogP contribution is -2.28. The highest BCUT2D eigenvalue weighted by molar-refractivity contribution is 6.10. The van der Waals surface area contributed by atoms with E-state index in [0.717, 1.165) is 27.2 Å². The number of nitrogens with zero attached hydrogens (tertiary/aromatic N) is 1. The van der Waals surface area contributed by atoms with Crippen molar-refractivity contribution in [2.75, 3.05) is 0 Å². The summed E-state index contributed by atoms with van der Waals surface area (Å²) in [6, 6.07) is 20.4. The monoisotopic (exact) mass is 372 g/mol. The third-order valence-electron chi connectivity index (χ3n) is 5.19. The van der Waals surface area contributed by atoms with E-state index < -0.39 is 5.97 Å². The normalized spacial score (nSPS) is 12.2. The van der Waals surface area contributed by atoms with Crippen LogP contribution in [0.3, 0.4) is 0 Å². The van der Waals surface area contributed by atoms with Crippen LogP contribution in [0, 0.1) is 0 Å². The fourth-order valence-corrected chi connectivity index (χ4v) is 3.58. The van der Waals surface area contributed by atoms with Gasteiger partial charge < -0.3 is 15.0 Å². The molecule has 0 radical (unpaired) electrons. The summed E-state index contributed by atoms with van der Waals surface area (Å²) in [4.78, 5) is 23.9. The van der Waals surface area contributed by atoms with Gasteiger partial charge in [0.05, 0.1) is 11.6 Å². The van der Waals surface area contributed by atoms with Gasteiger partial charge in [-0.3, -0.25) is 4.79 Å². The predicted octanol–water partition coefficient (Wildman–Crippen LogP) is 4.52. The average molecular weight is 372 g/mol. The molecule has 0 unspecified atom stereocenters. The summed E-state index contributed by atoms with van der Waals surface area (Å²) in [7, 11) is 1.89. The Morgan fingerprint density at radius 1 is 0.964 bits per heavy atom. The Labute approximate surface area is 162 Å². The number of aromatic nitrogens is 1. The summed E-state index contributed by atoms with van der Waals surface area (Å²) in [6.07, 6.45) is 0. The van der Waals surface area contributed by atoms with Crippen molar-refractivity contribution in [2.24, 2.45) is 7.05 Å². The smallest absolute Gasteiger partial charge is 0.335 e. The number of carbonyl (C=O) groups is 2. The number of amides is 1. The maximum absolute atomic E-state index is 12.9. The maximum Gasteiger partial charge on any atom is 0.335 e. The van der Waals surface area contributed by atoms with Gasteiger partial charge in [-0.25, -0.2) is 4.79 Å². The lowest BCUT2D eigenvalue weighted by molar-refractivity contribution is 0.0696. The predicted molar refractivity (Wildman–Crippen MR) is 110 cm³/mol. The van der Waals surface area contributed by atoms with Crippen LogP contribution in [0.4, 0.5) is 0 Å². The van der Waals surface area contributed by atoms with Crippen LogP contribution in [-0.2, 0) is 7.05 Å². The van der Waals surface area contributed by atoms with Crippen molar-refractivity contribution in [1.29, 1.82) is 0 Å². The number of aryl methyl sites for hydroxylation is 1. The van der Waals surface area contributed by atoms with Crippen LogP contribution in [0.15, 0.2) is 66.7 Å². The lowest BCUT2D eigenvalue weighted by atomic mass is 10.1. The summed E-state index contributed by atoms with van der Waals surface area (Å²) in [5.41, 5.74) is 2.66. The van der Waals surface area contributed by atoms with E-state index in [0.29, 0.717) is 5.69 Å². The number of rotatable bonds is 4. The molecule has 4 rings (SSSR count). The minimum atomic E-state index is -0.967. The first-order valence-corrected chi connectivity index (χ1v) is 9.07. The Hall–Kier alpha value is -3.60. The molecule has 0 aliphatic rings. The van der Waals surface area contributed by atoms with Crippen LogP contribution in [0.1, 0.15) is 39.4 Å². The van der Waals surface area contributed by atoms with Gasteiger partial charge in [-0.15, -0.1) is 0 Å². The molecule has 5 heteroatoms. The van der Waals surface area contributed by atoms with Crippen LogP contribution < -0.4 is 5.32 Å². The number of fused-ring (bicyclic) bond motifs is 3. The van der Waals surface area contributed by atoms with Crippen molar-refractivity contribution in [3.8, 4) is 0 Å². The van der Waals surface area contributed by atoms with Crippen LogP contribution in [-0.4, -0.2) is 21.6 Å². The molecule has 3 aromatic carbocycles. The van der Waals surface area contributed by atoms with E-state index in [1.54, 1.807) is 24.3 Å². The largest absolute Gasteiger partial charge is 0.478 e. The van der Waals surface area contributed by atoms with Crippen LogP contribution in [0.5, 0.6) is 0 Å². The van der Waals surface area contributed by atoms with Crippen molar-refractivity contribution in [3.05, 3.63) is 83.6 Å². The van der Waals surface area contributed by atoms with Crippen LogP contribution in [0.2, 0.25) is 0 Å². The fraction of sp³-hybridized carbons (Fsp3) is 0.130. The molecule has 4 aromatic rings. The quantitative estimate of drug-likeness (QED) is 0.553. The highest BCUT2D eigenvalue weighted by Gasteiger charge is 2.17. The maximum atomic E-state index is 12.9. The molecule has 0 aliphatic heterocycles. The van der Waals surface area contributed by atoms with Gasteiger partial charge in [0.25, 0.3) is 5.91 Å². The molecule has 2 N–H and O–H groups in total. The van der Waals surface area contributed by atoms with Crippen LogP contribution >= 0.6 is 0 Å². The summed E-state index contributed by atoms with van der Waals surface area (Å²) in [5.74, 6) is -1.14. The number of benzene rings is 3. The molecule has 1 amide bonds. The van der Waals surface area contributed by atoms with Gasteiger partial charge in [0.15, 0.2) is 0 Å². The first-order valence-electron chi connectivity index (χ1n) is 9.07. The summed E-state index contributed by atoms with van der Waals surface area (Å²) >= 11 is 0. The van der Waals surface area contributed by atoms with Gasteiger partial charge in [-0.05, 0) is 47.5 Å². The number of hydrogen-bond acceptors (Lipinski definition) is 2. The number of aromatic carboxylic acids is 1. The molecule has 140 valence electrons. The fourth-order valence-electron chi connectivity index (χ4n) is 3.58. The SMILES string of the molecule is C[C@@H](NC(=O)c1cc2c3ccccc3ccc2n1C)c1ccc(C(=O)O)cc1. The van der Waals surface area contributed by atoms with Crippen molar-refractivity contribution >= 4 is 33.6 Å². The molecule has 0 bridgehead atoms. The Balaban J connectivity index is 1.64. The van der Waals surface area contributed by atoms with Gasteiger partial charge in [0.1, 0.15) is 5.69 Å². The zero-order chi connectivity index (χ0) is 19.8. The Kier molecular flexibility index (Phi) is 4.35. The number of carboxylic acids is 1. The van der Waals surface area contributed by atoms with Crippen molar-refractivity contribution in [3.63, 3.8) is 0 Å². The standard InChI is InChI=1S/C23H20N2O3/c1-14(15-7-9-17(10-8-15)23(27)28)24-22(26)21-13-19-18-6-4-3-5-16(18)11-12-20(19)25(21)2/h3-14H,1-2H3,(H,24,26)(H,27,28)/t14-/m1/s1. The zero-order valence-electron chi connectivity index (χ0n) is 15.6. The zero-order valence-corrected chi connectivity index (χ0v) is 15.6. The highest BCUT2D eigenvalue weighted by atomic mass is 16.4. The minimum absolute atomic E-state index is 0.169. The Morgan fingerprint density at radius 3 is 2.39 bits per heavy atom. The second-order valence-corrected chi connectivity index (χ2v) is 6.93. The lowest BCUT2D eigenvalue weighted by Gasteiger charge is -2.15. The molecule has 5 nitrogen and oxygen atoms in total. The minimum Gasteiger partial charge on any atom is -0.478 e. The average Bonchev–Trinajstić information content (AvgIpc) is 3.05. The second kappa shape index (κ2) is 6.85. The van der Waals surface area contributed by atoms with E-state index >= 15 is 0 Å².